The zero-order valence-corrected chi connectivity index (χ0v) is 14.3. The summed E-state index contributed by atoms with van der Waals surface area (Å²) in [6.45, 7) is 8.32. The van der Waals surface area contributed by atoms with Gasteiger partial charge in [0.25, 0.3) is 0 Å². The number of imide groups is 1. The van der Waals surface area contributed by atoms with Gasteiger partial charge in [0, 0.05) is 26.5 Å². The third-order valence-corrected chi connectivity index (χ3v) is 3.69. The quantitative estimate of drug-likeness (QED) is 0.592. The van der Waals surface area contributed by atoms with E-state index < -0.39 is 0 Å². The molecule has 6 nitrogen and oxygen atoms in total. The summed E-state index contributed by atoms with van der Waals surface area (Å²) < 4.78 is 5.02. The van der Waals surface area contributed by atoms with Crippen LogP contribution in [0.3, 0.4) is 0 Å². The first-order valence-electron chi connectivity index (χ1n) is 7.12. The molecule has 0 aromatic rings. The van der Waals surface area contributed by atoms with Gasteiger partial charge in [-0.3, -0.25) is 19.3 Å². The highest BCUT2D eigenvalue weighted by molar-refractivity contribution is 8.00. The minimum Gasteiger partial charge on any atom is -0.359 e. The monoisotopic (exact) mass is 318 g/mol. The molecule has 1 heterocycles. The van der Waals surface area contributed by atoms with Crippen molar-refractivity contribution in [3.05, 3.63) is 0 Å². The Kier molecular flexibility index (Phi) is 10.1. The van der Waals surface area contributed by atoms with Gasteiger partial charge in [-0.15, -0.1) is 0 Å². The average molecular weight is 318 g/mol. The lowest BCUT2D eigenvalue weighted by Gasteiger charge is -2.12. The van der Waals surface area contributed by atoms with Crippen LogP contribution < -0.4 is 5.32 Å². The second-order valence-corrected chi connectivity index (χ2v) is 5.65. The zero-order chi connectivity index (χ0) is 16.4. The molecule has 21 heavy (non-hydrogen) atoms. The molecule has 2 atom stereocenters. The summed E-state index contributed by atoms with van der Waals surface area (Å²) >= 11 is 1.46. The predicted molar refractivity (Wildman–Crippen MR) is 83.8 cm³/mol. The fourth-order valence-corrected chi connectivity index (χ4v) is 2.51. The van der Waals surface area contributed by atoms with Crippen molar-refractivity contribution < 1.29 is 19.1 Å². The zero-order valence-electron chi connectivity index (χ0n) is 13.5. The van der Waals surface area contributed by atoms with Gasteiger partial charge in [-0.25, -0.2) is 0 Å². The standard InChI is InChI=1S/C8H13NO2S.C6H13NO2/c1-3-4-9-7(10)5-6(12-2)8(9)11;1-4-9-6(3)7-5(2)8/h6H,3-5H2,1-2H3;6H,4H2,1-3H3,(H,7,8). The van der Waals surface area contributed by atoms with Crippen LogP contribution in [0.1, 0.15) is 40.5 Å². The molecule has 1 fully saturated rings. The minimum absolute atomic E-state index is 0.00523. The molecule has 1 aliphatic rings. The van der Waals surface area contributed by atoms with E-state index in [4.69, 9.17) is 4.74 Å². The first-order chi connectivity index (χ1) is 9.87. The van der Waals surface area contributed by atoms with Crippen LogP contribution in [0.25, 0.3) is 0 Å². The number of hydrogen-bond donors (Lipinski definition) is 1. The number of amides is 3. The summed E-state index contributed by atoms with van der Waals surface area (Å²) in [5.74, 6) is -0.0773. The van der Waals surface area contributed by atoms with E-state index in [1.807, 2.05) is 20.1 Å². The molecule has 0 aromatic heterocycles. The first-order valence-corrected chi connectivity index (χ1v) is 8.41. The van der Waals surface area contributed by atoms with E-state index in [1.165, 1.54) is 23.6 Å². The molecule has 122 valence electrons. The van der Waals surface area contributed by atoms with Crippen molar-refractivity contribution in [3.63, 3.8) is 0 Å². The highest BCUT2D eigenvalue weighted by Crippen LogP contribution is 2.22. The van der Waals surface area contributed by atoms with Crippen molar-refractivity contribution in [1.82, 2.24) is 10.2 Å². The molecule has 0 bridgehead atoms. The van der Waals surface area contributed by atoms with Crippen molar-refractivity contribution in [2.24, 2.45) is 0 Å². The first kappa shape index (κ1) is 19.9. The van der Waals surface area contributed by atoms with Gasteiger partial charge < -0.3 is 10.1 Å². The number of carbonyl (C=O) groups excluding carboxylic acids is 3. The van der Waals surface area contributed by atoms with Gasteiger partial charge in [-0.1, -0.05) is 6.92 Å². The van der Waals surface area contributed by atoms with E-state index in [9.17, 15) is 14.4 Å². The number of hydrogen-bond acceptors (Lipinski definition) is 5. The van der Waals surface area contributed by atoms with Crippen LogP contribution >= 0.6 is 11.8 Å². The Morgan fingerprint density at radius 1 is 1.48 bits per heavy atom. The van der Waals surface area contributed by atoms with Gasteiger partial charge >= 0.3 is 0 Å². The van der Waals surface area contributed by atoms with E-state index in [1.54, 1.807) is 6.92 Å². The Hall–Kier alpha value is -1.08. The topological polar surface area (TPSA) is 75.7 Å². The second-order valence-electron chi connectivity index (χ2n) is 4.61. The van der Waals surface area contributed by atoms with Gasteiger partial charge in [0.1, 0.15) is 6.23 Å². The van der Waals surface area contributed by atoms with Crippen molar-refractivity contribution >= 4 is 29.5 Å². The summed E-state index contributed by atoms with van der Waals surface area (Å²) in [6, 6.07) is 0. The van der Waals surface area contributed by atoms with Crippen LogP contribution in [-0.2, 0) is 19.1 Å². The Morgan fingerprint density at radius 3 is 2.48 bits per heavy atom. The number of ether oxygens (including phenoxy) is 1. The number of nitrogens with zero attached hydrogens (tertiary/aromatic N) is 1. The highest BCUT2D eigenvalue weighted by atomic mass is 32.2. The number of likely N-dealkylation sites (tertiary alicyclic amines) is 1. The second kappa shape index (κ2) is 10.6. The molecule has 0 saturated carbocycles. The molecule has 1 rings (SSSR count). The van der Waals surface area contributed by atoms with E-state index in [0.29, 0.717) is 19.6 Å². The van der Waals surface area contributed by atoms with Gasteiger partial charge in [0.05, 0.1) is 5.25 Å². The van der Waals surface area contributed by atoms with Crippen LogP contribution in [0.4, 0.5) is 0 Å². The van der Waals surface area contributed by atoms with Crippen LogP contribution in [0, 0.1) is 0 Å². The Bertz CT molecular complexity index is 363. The van der Waals surface area contributed by atoms with E-state index in [2.05, 4.69) is 5.32 Å². The van der Waals surface area contributed by atoms with Crippen LogP contribution in [0.15, 0.2) is 0 Å². The van der Waals surface area contributed by atoms with Gasteiger partial charge in [0.15, 0.2) is 0 Å². The molecule has 0 aliphatic carbocycles. The lowest BCUT2D eigenvalue weighted by atomic mass is 10.4. The molecule has 2 unspecified atom stereocenters. The molecule has 3 amide bonds. The van der Waals surface area contributed by atoms with Crippen LogP contribution in [0.5, 0.6) is 0 Å². The van der Waals surface area contributed by atoms with Crippen molar-refractivity contribution in [3.8, 4) is 0 Å². The van der Waals surface area contributed by atoms with Crippen LogP contribution in [0.2, 0.25) is 0 Å². The van der Waals surface area contributed by atoms with Crippen molar-refractivity contribution in [2.75, 3.05) is 19.4 Å². The minimum atomic E-state index is -0.160. The molecule has 7 heteroatoms. The van der Waals surface area contributed by atoms with Gasteiger partial charge in [-0.05, 0) is 26.5 Å². The lowest BCUT2D eigenvalue weighted by Crippen LogP contribution is -2.32. The molecule has 0 radical (unpaired) electrons. The fourth-order valence-electron chi connectivity index (χ4n) is 1.87. The maximum absolute atomic E-state index is 11.4. The normalized spacial score (nSPS) is 19.1. The number of nitrogens with one attached hydrogen (secondary N) is 1. The molecule has 1 N–H and O–H groups in total. The molecular weight excluding hydrogens is 292 g/mol. The van der Waals surface area contributed by atoms with Crippen LogP contribution in [-0.4, -0.2) is 53.5 Å². The van der Waals surface area contributed by atoms with E-state index >= 15 is 0 Å². The SMILES string of the molecule is CCCN1C(=O)CC(SC)C1=O.CCOC(C)NC(C)=O. The van der Waals surface area contributed by atoms with Crippen molar-refractivity contribution in [1.29, 1.82) is 0 Å². The lowest BCUT2D eigenvalue weighted by molar-refractivity contribution is -0.138. The third-order valence-electron chi connectivity index (χ3n) is 2.76. The maximum atomic E-state index is 11.4. The summed E-state index contributed by atoms with van der Waals surface area (Å²) in [5, 5.41) is 2.46. The number of rotatable bonds is 6. The summed E-state index contributed by atoms with van der Waals surface area (Å²) in [7, 11) is 0. The van der Waals surface area contributed by atoms with E-state index in [-0.39, 0.29) is 29.2 Å². The fraction of sp³-hybridized carbons (Fsp3) is 0.786. The van der Waals surface area contributed by atoms with Gasteiger partial charge in [-0.2, -0.15) is 11.8 Å². The average Bonchev–Trinajstić information content (AvgIpc) is 2.67. The number of thioether (sulfide) groups is 1. The molecule has 0 spiro atoms. The summed E-state index contributed by atoms with van der Waals surface area (Å²) in [5.41, 5.74) is 0. The molecule has 1 aliphatic heterocycles. The Balaban J connectivity index is 0.000000400. The van der Waals surface area contributed by atoms with Gasteiger partial charge in [0.2, 0.25) is 17.7 Å². The molecule has 0 aromatic carbocycles. The largest absolute Gasteiger partial charge is 0.359 e. The number of carbonyl (C=O) groups is 3. The Morgan fingerprint density at radius 2 is 2.10 bits per heavy atom. The third kappa shape index (κ3) is 7.47. The maximum Gasteiger partial charge on any atom is 0.242 e. The Labute approximate surface area is 131 Å². The highest BCUT2D eigenvalue weighted by Gasteiger charge is 2.37. The van der Waals surface area contributed by atoms with Crippen molar-refractivity contribution in [2.45, 2.75) is 52.0 Å². The smallest absolute Gasteiger partial charge is 0.242 e. The molecule has 1 saturated heterocycles. The predicted octanol–water partition coefficient (Wildman–Crippen LogP) is 1.39. The van der Waals surface area contributed by atoms with E-state index in [0.717, 1.165) is 6.42 Å². The summed E-state index contributed by atoms with van der Waals surface area (Å²) in [4.78, 5) is 34.4. The summed E-state index contributed by atoms with van der Waals surface area (Å²) in [6.07, 6.45) is 2.94. The molecular formula is C14H26N2O4S.